The average Bonchev–Trinajstić information content (AvgIpc) is 1.95. The monoisotopic (exact) mass is 438 g/mol. The molecule has 136 valence electrons. The molecule has 0 aliphatic carbocycles. The summed E-state index contributed by atoms with van der Waals surface area (Å²) in [5.74, 6) is 0. The number of halogens is 2. The average molecular weight is 441 g/mol. The van der Waals surface area contributed by atoms with Crippen LogP contribution in [0.4, 0.5) is 0 Å². The number of hydrogen-bond acceptors (Lipinski definition) is 6. The van der Waals surface area contributed by atoms with E-state index in [1.807, 2.05) is 0 Å². The first-order valence-corrected chi connectivity index (χ1v) is 6.95. The molecule has 0 unspecified atom stereocenters. The number of likely N-dealkylation sites (N-methyl/N-ethyl adjacent to an activating group) is 2. The second-order valence-corrected chi connectivity index (χ2v) is 6.70. The fourth-order valence-corrected chi connectivity index (χ4v) is 0.600. The Balaban J connectivity index is -0.0000000414. The van der Waals surface area contributed by atoms with E-state index in [0.717, 1.165) is 22.1 Å². The molecule has 0 spiro atoms. The van der Waals surface area contributed by atoms with Crippen molar-refractivity contribution in [3.63, 3.8) is 0 Å². The van der Waals surface area contributed by atoms with Gasteiger partial charge in [-0.3, -0.25) is 8.42 Å². The van der Waals surface area contributed by atoms with Gasteiger partial charge in [-0.15, -0.1) is 0 Å². The van der Waals surface area contributed by atoms with E-state index in [4.69, 9.17) is 27.7 Å². The van der Waals surface area contributed by atoms with Crippen LogP contribution >= 0.6 is 0 Å². The minimum absolute atomic E-state index is 0. The van der Waals surface area contributed by atoms with Gasteiger partial charge in [0.25, 0.3) is 0 Å². The van der Waals surface area contributed by atoms with Gasteiger partial charge in [-0.05, 0) is 0 Å². The first-order valence-electron chi connectivity index (χ1n) is 5.61. The van der Waals surface area contributed by atoms with E-state index in [2.05, 4.69) is 42.3 Å². The zero-order valence-electron chi connectivity index (χ0n) is 14.1. The summed E-state index contributed by atoms with van der Waals surface area (Å²) in [5.41, 5.74) is 0. The second-order valence-electron chi connectivity index (χ2n) is 5.88. The fourth-order valence-electron chi connectivity index (χ4n) is 0.600. The maximum absolute atomic E-state index is 8.52. The number of quaternary nitrogens is 2. The Labute approximate surface area is 159 Å². The van der Waals surface area contributed by atoms with Crippen LogP contribution in [0.15, 0.2) is 0 Å². The molecule has 0 heterocycles. The molecule has 0 aromatic rings. The minimum Gasteiger partial charge on any atom is -1.00 e. The molecule has 2 N–H and O–H groups in total. The summed E-state index contributed by atoms with van der Waals surface area (Å²) in [6.07, 6.45) is 0. The number of nitrogens with zero attached hydrogens (tertiary/aromatic N) is 2. The molecule has 8 nitrogen and oxygen atoms in total. The zero-order valence-corrected chi connectivity index (χ0v) is 19.4. The van der Waals surface area contributed by atoms with Crippen molar-refractivity contribution >= 4 is 10.4 Å². The topological polar surface area (TPSA) is 121 Å². The quantitative estimate of drug-likeness (QED) is 0.194. The smallest absolute Gasteiger partial charge is 1.00 e. The van der Waals surface area contributed by atoms with Crippen molar-refractivity contribution in [2.24, 2.45) is 0 Å². The van der Waals surface area contributed by atoms with Crippen LogP contribution in [0.3, 0.4) is 0 Å². The predicted molar refractivity (Wildman–Crippen MR) is 70.4 cm³/mol. The molecule has 0 aliphatic heterocycles. The normalized spacial score (nSPS) is 10.3. The van der Waals surface area contributed by atoms with Crippen LogP contribution in [0, 0.1) is 0 Å². The van der Waals surface area contributed by atoms with E-state index in [1.54, 1.807) is 0 Å². The molecule has 0 aromatic carbocycles. The third-order valence-electron chi connectivity index (χ3n) is 1.54. The van der Waals surface area contributed by atoms with E-state index in [1.165, 1.54) is 0 Å². The van der Waals surface area contributed by atoms with Crippen molar-refractivity contribution < 1.29 is 81.0 Å². The molecular formula is C10H28Cl2N2O6SZn. The summed E-state index contributed by atoms with van der Waals surface area (Å²) in [4.78, 5) is 0. The van der Waals surface area contributed by atoms with Crippen LogP contribution in [0.2, 0.25) is 0 Å². The summed E-state index contributed by atoms with van der Waals surface area (Å²) >= 11 is 0. The molecule has 0 fully saturated rings. The van der Waals surface area contributed by atoms with Gasteiger partial charge in [0.2, 0.25) is 0 Å². The Bertz CT molecular complexity index is 284. The molecule has 22 heavy (non-hydrogen) atoms. The molecular weight excluding hydrogens is 412 g/mol. The Hall–Kier alpha value is 0.913. The van der Waals surface area contributed by atoms with Crippen molar-refractivity contribution in [3.8, 4) is 0 Å². The molecule has 0 rings (SSSR count). The van der Waals surface area contributed by atoms with E-state index in [-0.39, 0.29) is 57.5 Å². The fraction of sp³-hybridized carbons (Fsp3) is 1.00. The Morgan fingerprint density at radius 1 is 0.773 bits per heavy atom. The van der Waals surface area contributed by atoms with Crippen LogP contribution in [0.5, 0.6) is 0 Å². The molecule has 0 bridgehead atoms. The molecule has 0 radical (unpaired) electrons. The van der Waals surface area contributed by atoms with Gasteiger partial charge in [-0.1, -0.05) is 0 Å². The third-order valence-corrected chi connectivity index (χ3v) is 1.54. The van der Waals surface area contributed by atoms with Gasteiger partial charge < -0.3 is 53.1 Å². The van der Waals surface area contributed by atoms with Gasteiger partial charge in [0.15, 0.2) is 0 Å². The summed E-state index contributed by atoms with van der Waals surface area (Å²) in [6, 6.07) is 0. The minimum atomic E-state index is -5.17. The van der Waals surface area contributed by atoms with Crippen LogP contribution in [-0.2, 0) is 29.9 Å². The van der Waals surface area contributed by atoms with E-state index in [9.17, 15) is 0 Å². The number of rotatable bonds is 4. The summed E-state index contributed by atoms with van der Waals surface area (Å²) in [6.45, 7) is 2.23. The van der Waals surface area contributed by atoms with Gasteiger partial charge in [0.1, 0.15) is 13.1 Å². The van der Waals surface area contributed by atoms with Crippen LogP contribution in [-0.4, -0.2) is 105 Å². The summed E-state index contributed by atoms with van der Waals surface area (Å²) < 4.78 is 35.8. The van der Waals surface area contributed by atoms with Gasteiger partial charge in [0.05, 0.1) is 55.5 Å². The molecule has 0 aliphatic rings. The first-order chi connectivity index (χ1) is 8.12. The van der Waals surface area contributed by atoms with Crippen LogP contribution in [0.1, 0.15) is 0 Å². The van der Waals surface area contributed by atoms with E-state index in [0.29, 0.717) is 0 Å². The Morgan fingerprint density at radius 2 is 0.909 bits per heavy atom. The molecule has 0 amide bonds. The van der Waals surface area contributed by atoms with E-state index < -0.39 is 10.4 Å². The Kier molecular flexibility index (Phi) is 31.9. The summed E-state index contributed by atoms with van der Waals surface area (Å²) in [7, 11) is 7.14. The van der Waals surface area contributed by atoms with Crippen LogP contribution < -0.4 is 24.8 Å². The van der Waals surface area contributed by atoms with Crippen molar-refractivity contribution in [2.45, 2.75) is 0 Å². The molecule has 0 aromatic heterocycles. The van der Waals surface area contributed by atoms with Crippen molar-refractivity contribution in [2.75, 3.05) is 68.6 Å². The first kappa shape index (κ1) is 38.5. The SMILES string of the molecule is C[N+](C)(C)CCO.C[N+](C)(C)CCO.O=S(=O)([O-])[O-].[Cl-].[Cl-].[Zn+2]. The summed E-state index contributed by atoms with van der Waals surface area (Å²) in [5, 5.41) is 16.8. The maximum Gasteiger partial charge on any atom is 2.00 e. The predicted octanol–water partition coefficient (Wildman–Crippen LogP) is -7.96. The van der Waals surface area contributed by atoms with Crippen molar-refractivity contribution in [3.05, 3.63) is 0 Å². The zero-order chi connectivity index (χ0) is 16.3. The number of aliphatic hydroxyl groups is 2. The van der Waals surface area contributed by atoms with Crippen molar-refractivity contribution in [1.82, 2.24) is 0 Å². The van der Waals surface area contributed by atoms with Crippen LogP contribution in [0.25, 0.3) is 0 Å². The molecule has 0 saturated carbocycles. The third kappa shape index (κ3) is 104. The van der Waals surface area contributed by atoms with E-state index >= 15 is 0 Å². The standard InChI is InChI=1S/2C5H14NO.2ClH.H2O4S.Zn/c2*1-6(2,3)4-5-7;;;1-5(2,3)4;/h2*7H,4-5H2,1-3H3;2*1H;(H2,1,2,3,4);/q2*+1;;;;+2/p-4. The van der Waals surface area contributed by atoms with Gasteiger partial charge in [-0.2, -0.15) is 0 Å². The maximum atomic E-state index is 8.52. The number of hydrogen-bond donors (Lipinski definition) is 2. The molecule has 0 atom stereocenters. The largest absolute Gasteiger partial charge is 2.00 e. The Morgan fingerprint density at radius 3 is 0.909 bits per heavy atom. The number of aliphatic hydroxyl groups excluding tert-OH is 2. The molecule has 12 heteroatoms. The second kappa shape index (κ2) is 18.3. The van der Waals surface area contributed by atoms with Crippen molar-refractivity contribution in [1.29, 1.82) is 0 Å². The van der Waals surface area contributed by atoms with Gasteiger partial charge >= 0.3 is 19.5 Å². The van der Waals surface area contributed by atoms with Gasteiger partial charge in [0, 0.05) is 10.4 Å². The van der Waals surface area contributed by atoms with Gasteiger partial charge in [-0.25, -0.2) is 0 Å². The molecule has 0 saturated heterocycles.